The second-order valence-electron chi connectivity index (χ2n) is 6.50. The number of nitrogens with zero attached hydrogens (tertiary/aromatic N) is 1. The van der Waals surface area contributed by atoms with Crippen LogP contribution in [-0.2, 0) is 14.4 Å². The van der Waals surface area contributed by atoms with Gasteiger partial charge in [-0.25, -0.2) is 4.79 Å². The maximum atomic E-state index is 12.5. The third-order valence-electron chi connectivity index (χ3n) is 4.02. The molecule has 2 amide bonds. The Morgan fingerprint density at radius 2 is 1.96 bits per heavy atom. The Labute approximate surface area is 173 Å². The zero-order chi connectivity index (χ0) is 20.7. The fourth-order valence-electron chi connectivity index (χ4n) is 2.49. The predicted octanol–water partition coefficient (Wildman–Crippen LogP) is 3.06. The predicted molar refractivity (Wildman–Crippen MR) is 114 cm³/mol. The number of thioether (sulfide) groups is 1. The highest BCUT2D eigenvalue weighted by Gasteiger charge is 2.32. The van der Waals surface area contributed by atoms with Crippen LogP contribution in [0, 0.1) is 5.92 Å². The summed E-state index contributed by atoms with van der Waals surface area (Å²) in [4.78, 5) is 37.6. The molecular formula is C20H22N2O4S2. The lowest BCUT2D eigenvalue weighted by Crippen LogP contribution is -2.45. The summed E-state index contributed by atoms with van der Waals surface area (Å²) in [5.41, 5.74) is 1.02. The number of nitrogens with one attached hydrogen (secondary N) is 1. The van der Waals surface area contributed by atoms with Gasteiger partial charge in [-0.1, -0.05) is 80.3 Å². The molecule has 0 aromatic heterocycles. The number of hydrogen-bond acceptors (Lipinski definition) is 5. The number of carboxylic acids is 1. The minimum Gasteiger partial charge on any atom is -0.480 e. The summed E-state index contributed by atoms with van der Waals surface area (Å²) in [6, 6.07) is 8.74. The summed E-state index contributed by atoms with van der Waals surface area (Å²) in [6.45, 7) is 3.55. The number of aliphatic carboxylic acids is 1. The summed E-state index contributed by atoms with van der Waals surface area (Å²) in [7, 11) is 0. The van der Waals surface area contributed by atoms with Gasteiger partial charge in [-0.15, -0.1) is 0 Å². The molecular weight excluding hydrogens is 396 g/mol. The highest BCUT2D eigenvalue weighted by Crippen LogP contribution is 2.31. The van der Waals surface area contributed by atoms with Crippen molar-refractivity contribution < 1.29 is 19.5 Å². The average molecular weight is 419 g/mol. The molecule has 1 saturated heterocycles. The van der Waals surface area contributed by atoms with Crippen LogP contribution >= 0.6 is 24.0 Å². The Kier molecular flexibility index (Phi) is 7.95. The Morgan fingerprint density at radius 3 is 2.57 bits per heavy atom. The number of carbonyl (C=O) groups excluding carboxylic acids is 2. The highest BCUT2D eigenvalue weighted by molar-refractivity contribution is 8.26. The number of thiocarbonyl (C=S) groups is 1. The molecule has 1 heterocycles. The van der Waals surface area contributed by atoms with Crippen LogP contribution in [0.3, 0.4) is 0 Å². The molecule has 1 aliphatic rings. The van der Waals surface area contributed by atoms with E-state index in [-0.39, 0.29) is 24.8 Å². The lowest BCUT2D eigenvalue weighted by molar-refractivity contribution is -0.143. The van der Waals surface area contributed by atoms with Gasteiger partial charge in [-0.05, 0) is 17.6 Å². The second-order valence-corrected chi connectivity index (χ2v) is 8.18. The van der Waals surface area contributed by atoms with E-state index in [0.29, 0.717) is 9.23 Å². The Hall–Kier alpha value is -2.45. The van der Waals surface area contributed by atoms with Crippen molar-refractivity contribution >= 4 is 52.2 Å². The number of carboxylic acid groups (broad SMARTS) is 1. The number of amides is 2. The minimum absolute atomic E-state index is 0.0178. The minimum atomic E-state index is -1.08. The molecule has 6 nitrogen and oxygen atoms in total. The van der Waals surface area contributed by atoms with Crippen molar-refractivity contribution in [2.24, 2.45) is 5.92 Å². The van der Waals surface area contributed by atoms with Crippen molar-refractivity contribution in [1.82, 2.24) is 10.2 Å². The fraction of sp³-hybridized carbons (Fsp3) is 0.300. The number of carbonyl (C=O) groups is 3. The first kappa shape index (κ1) is 21.8. The molecule has 1 atom stereocenters. The van der Waals surface area contributed by atoms with E-state index >= 15 is 0 Å². The third kappa shape index (κ3) is 6.03. The SMILES string of the molecule is CC(C)C(NC(=O)CCN1C(=O)C(=CC=Cc2ccccc2)SC1=S)C(=O)O. The number of hydrogen-bond donors (Lipinski definition) is 2. The fourth-order valence-corrected chi connectivity index (χ4v) is 3.75. The van der Waals surface area contributed by atoms with Crippen LogP contribution in [0.5, 0.6) is 0 Å². The van der Waals surface area contributed by atoms with Gasteiger partial charge < -0.3 is 10.4 Å². The van der Waals surface area contributed by atoms with E-state index in [4.69, 9.17) is 17.3 Å². The highest BCUT2D eigenvalue weighted by atomic mass is 32.2. The second kappa shape index (κ2) is 10.2. The molecule has 0 spiro atoms. The lowest BCUT2D eigenvalue weighted by Gasteiger charge is -2.19. The van der Waals surface area contributed by atoms with Gasteiger partial charge in [-0.2, -0.15) is 0 Å². The van der Waals surface area contributed by atoms with Crippen LogP contribution in [0.15, 0.2) is 47.4 Å². The van der Waals surface area contributed by atoms with E-state index in [9.17, 15) is 14.4 Å². The smallest absolute Gasteiger partial charge is 0.326 e. The first-order chi connectivity index (χ1) is 13.3. The first-order valence-corrected chi connectivity index (χ1v) is 10.0. The standard InChI is InChI=1S/C20H22N2O4S2/c1-13(2)17(19(25)26)21-16(23)11-12-22-18(24)15(28-20(22)27)10-6-9-14-7-4-3-5-8-14/h3-10,13,17H,11-12H2,1-2H3,(H,21,23)(H,25,26). The molecule has 0 bridgehead atoms. The summed E-state index contributed by atoms with van der Waals surface area (Å²) in [5, 5.41) is 11.6. The van der Waals surface area contributed by atoms with Gasteiger partial charge in [0.1, 0.15) is 10.4 Å². The van der Waals surface area contributed by atoms with E-state index in [1.807, 2.05) is 36.4 Å². The Balaban J connectivity index is 1.92. The van der Waals surface area contributed by atoms with Crippen LogP contribution in [0.1, 0.15) is 25.8 Å². The molecule has 2 rings (SSSR count). The van der Waals surface area contributed by atoms with Crippen molar-refractivity contribution in [3.05, 3.63) is 53.0 Å². The van der Waals surface area contributed by atoms with Crippen molar-refractivity contribution in [2.75, 3.05) is 6.54 Å². The Morgan fingerprint density at radius 1 is 1.29 bits per heavy atom. The molecule has 0 aliphatic carbocycles. The van der Waals surface area contributed by atoms with E-state index in [2.05, 4.69) is 5.32 Å². The van der Waals surface area contributed by atoms with Crippen LogP contribution in [0.25, 0.3) is 6.08 Å². The number of allylic oxidation sites excluding steroid dienone is 2. The quantitative estimate of drug-likeness (QED) is 0.498. The van der Waals surface area contributed by atoms with Gasteiger partial charge in [0, 0.05) is 13.0 Å². The van der Waals surface area contributed by atoms with Gasteiger partial charge in [0.15, 0.2) is 0 Å². The van der Waals surface area contributed by atoms with E-state index in [1.54, 1.807) is 26.0 Å². The summed E-state index contributed by atoms with van der Waals surface area (Å²) < 4.78 is 0.385. The van der Waals surface area contributed by atoms with Crippen LogP contribution < -0.4 is 5.32 Å². The zero-order valence-corrected chi connectivity index (χ0v) is 17.3. The molecule has 1 aliphatic heterocycles. The molecule has 8 heteroatoms. The Bertz CT molecular complexity index is 819. The van der Waals surface area contributed by atoms with E-state index in [0.717, 1.165) is 5.56 Å². The van der Waals surface area contributed by atoms with Gasteiger partial charge in [-0.3, -0.25) is 14.5 Å². The summed E-state index contributed by atoms with van der Waals surface area (Å²) >= 11 is 6.42. The lowest BCUT2D eigenvalue weighted by atomic mass is 10.0. The van der Waals surface area contributed by atoms with Crippen molar-refractivity contribution in [1.29, 1.82) is 0 Å². The zero-order valence-electron chi connectivity index (χ0n) is 15.6. The van der Waals surface area contributed by atoms with Crippen molar-refractivity contribution in [3.63, 3.8) is 0 Å². The summed E-state index contributed by atoms with van der Waals surface area (Å²) in [6.07, 6.45) is 5.36. The maximum absolute atomic E-state index is 12.5. The molecule has 1 aromatic carbocycles. The van der Waals surface area contributed by atoms with Gasteiger partial charge >= 0.3 is 5.97 Å². The number of rotatable bonds is 8. The molecule has 2 N–H and O–H groups in total. The molecule has 0 radical (unpaired) electrons. The van der Waals surface area contributed by atoms with Crippen molar-refractivity contribution in [3.8, 4) is 0 Å². The number of benzene rings is 1. The van der Waals surface area contributed by atoms with Gasteiger partial charge in [0.2, 0.25) is 5.91 Å². The van der Waals surface area contributed by atoms with Gasteiger partial charge in [0.05, 0.1) is 4.91 Å². The molecule has 28 heavy (non-hydrogen) atoms. The summed E-state index contributed by atoms with van der Waals surface area (Å²) in [5.74, 6) is -2.00. The van der Waals surface area contributed by atoms with Crippen molar-refractivity contribution in [2.45, 2.75) is 26.3 Å². The molecule has 1 unspecified atom stereocenters. The first-order valence-electron chi connectivity index (χ1n) is 8.79. The van der Waals surface area contributed by atoms with Crippen LogP contribution in [0.2, 0.25) is 0 Å². The van der Waals surface area contributed by atoms with E-state index < -0.39 is 17.9 Å². The molecule has 148 valence electrons. The monoisotopic (exact) mass is 418 g/mol. The molecule has 0 saturated carbocycles. The van der Waals surface area contributed by atoms with E-state index in [1.165, 1.54) is 16.7 Å². The van der Waals surface area contributed by atoms with Gasteiger partial charge in [0.25, 0.3) is 5.91 Å². The maximum Gasteiger partial charge on any atom is 0.326 e. The normalized spacial score (nSPS) is 17.0. The van der Waals surface area contributed by atoms with Crippen LogP contribution in [0.4, 0.5) is 0 Å². The topological polar surface area (TPSA) is 86.7 Å². The average Bonchev–Trinajstić information content (AvgIpc) is 2.91. The molecule has 1 aromatic rings. The largest absolute Gasteiger partial charge is 0.480 e. The third-order valence-corrected chi connectivity index (χ3v) is 5.42. The van der Waals surface area contributed by atoms with Crippen LogP contribution in [-0.4, -0.2) is 44.7 Å². The molecule has 1 fully saturated rings.